The van der Waals surface area contributed by atoms with Gasteiger partial charge in [-0.3, -0.25) is 9.89 Å². The maximum atomic E-state index is 12.0. The molecule has 3 rings (SSSR count). The number of benzene rings is 1. The molecule has 0 amide bonds. The van der Waals surface area contributed by atoms with Gasteiger partial charge in [-0.15, -0.1) is 0 Å². The second-order valence-electron chi connectivity index (χ2n) is 11.8. The molecule has 0 radical (unpaired) electrons. The zero-order chi connectivity index (χ0) is 26.5. The van der Waals surface area contributed by atoms with Crippen LogP contribution in [0.25, 0.3) is 17.0 Å². The lowest BCUT2D eigenvalue weighted by atomic mass is 9.87. The maximum Gasteiger partial charge on any atom is 0.266 e. The highest BCUT2D eigenvalue weighted by Crippen LogP contribution is 2.25. The minimum atomic E-state index is -0.132. The molecule has 5 heteroatoms. The van der Waals surface area contributed by atoms with Crippen molar-refractivity contribution in [2.75, 3.05) is 0 Å². The normalized spacial score (nSPS) is 12.0. The van der Waals surface area contributed by atoms with Crippen LogP contribution in [0.4, 0.5) is 0 Å². The van der Waals surface area contributed by atoms with Gasteiger partial charge in [0.1, 0.15) is 5.82 Å². The van der Waals surface area contributed by atoms with Crippen molar-refractivity contribution in [1.29, 1.82) is 0 Å². The molecule has 0 unspecified atom stereocenters. The van der Waals surface area contributed by atoms with Gasteiger partial charge in [-0.05, 0) is 17.4 Å². The van der Waals surface area contributed by atoms with E-state index in [1.54, 1.807) is 10.6 Å². The molecule has 0 aliphatic carbocycles. The third-order valence-electron chi connectivity index (χ3n) is 7.44. The molecule has 204 valence electrons. The number of unbranched alkanes of at least 4 members (excludes halogenated alkanes) is 14. The first-order valence-corrected chi connectivity index (χ1v) is 15.0. The third-order valence-corrected chi connectivity index (χ3v) is 7.44. The van der Waals surface area contributed by atoms with Gasteiger partial charge in [0.25, 0.3) is 5.56 Å². The molecule has 0 atom stereocenters. The second-order valence-corrected chi connectivity index (χ2v) is 11.8. The van der Waals surface area contributed by atoms with Crippen LogP contribution >= 0.6 is 0 Å². The van der Waals surface area contributed by atoms with Crippen LogP contribution in [0.1, 0.15) is 135 Å². The van der Waals surface area contributed by atoms with Gasteiger partial charge >= 0.3 is 0 Å². The molecule has 0 aliphatic heterocycles. The summed E-state index contributed by atoms with van der Waals surface area (Å²) in [7, 11) is 0. The molecule has 1 N–H and O–H groups in total. The molecule has 0 fully saturated rings. The Labute approximate surface area is 224 Å². The van der Waals surface area contributed by atoms with Crippen LogP contribution in [0, 0.1) is 0 Å². The zero-order valence-electron chi connectivity index (χ0n) is 24.0. The first kappa shape index (κ1) is 29.1. The summed E-state index contributed by atoms with van der Waals surface area (Å²) in [6.45, 7) is 8.93. The highest BCUT2D eigenvalue weighted by molar-refractivity contribution is 5.58. The molecule has 5 nitrogen and oxygen atoms in total. The Morgan fingerprint density at radius 2 is 1.24 bits per heavy atom. The number of hydrogen-bond acceptors (Lipinski definition) is 3. The topological polar surface area (TPSA) is 63.0 Å². The third kappa shape index (κ3) is 9.75. The fourth-order valence-electron chi connectivity index (χ4n) is 5.04. The minimum absolute atomic E-state index is 0.107. The van der Waals surface area contributed by atoms with E-state index in [1.807, 2.05) is 0 Å². The zero-order valence-corrected chi connectivity index (χ0v) is 24.0. The lowest BCUT2D eigenvalue weighted by Gasteiger charge is -2.19. The van der Waals surface area contributed by atoms with E-state index in [0.29, 0.717) is 11.5 Å². The summed E-state index contributed by atoms with van der Waals surface area (Å²) in [5.41, 5.74) is 2.89. The molecule has 0 aliphatic rings. The first-order chi connectivity index (χ1) is 17.9. The van der Waals surface area contributed by atoms with Crippen molar-refractivity contribution in [3.8, 4) is 11.4 Å². The molecule has 0 saturated heterocycles. The van der Waals surface area contributed by atoms with Crippen LogP contribution in [0.15, 0.2) is 35.1 Å². The van der Waals surface area contributed by atoms with Crippen LogP contribution in [0.2, 0.25) is 0 Å². The number of H-pyrrole nitrogens is 1. The van der Waals surface area contributed by atoms with E-state index in [0.717, 1.165) is 24.2 Å². The molecule has 3 aromatic rings. The number of rotatable bonds is 17. The van der Waals surface area contributed by atoms with Crippen molar-refractivity contribution in [2.45, 2.75) is 136 Å². The fourth-order valence-corrected chi connectivity index (χ4v) is 5.04. The maximum absolute atomic E-state index is 12.0. The van der Waals surface area contributed by atoms with E-state index in [1.165, 1.54) is 95.5 Å². The summed E-state index contributed by atoms with van der Waals surface area (Å²) in [6.07, 6.45) is 21.1. The number of aromatic nitrogens is 4. The van der Waals surface area contributed by atoms with Crippen LogP contribution < -0.4 is 5.56 Å². The van der Waals surface area contributed by atoms with Crippen molar-refractivity contribution >= 4 is 5.65 Å². The SMILES string of the molecule is CCCCCCCCCCCCCCCCCc1nc(-c2ccc(C(C)(C)C)cc2)nc2cc(=O)[nH]n12. The van der Waals surface area contributed by atoms with Crippen molar-refractivity contribution in [3.05, 3.63) is 52.1 Å². The fraction of sp³-hybridized carbons (Fsp3) is 0.656. The standard InChI is InChI=1S/C32H50N4O/c1-5-6-7-8-9-10-11-12-13-14-15-16-17-18-19-20-28-33-31(34-29-25-30(37)35-36(28)29)26-21-23-27(24-22-26)32(2,3)4/h21-25H,5-20H2,1-4H3,(H,35,37). The molecule has 0 saturated carbocycles. The summed E-state index contributed by atoms with van der Waals surface area (Å²) in [5.74, 6) is 1.58. The Kier molecular flexibility index (Phi) is 11.9. The van der Waals surface area contributed by atoms with Crippen molar-refractivity contribution in [2.24, 2.45) is 0 Å². The monoisotopic (exact) mass is 506 g/mol. The van der Waals surface area contributed by atoms with Crippen LogP contribution in [0.3, 0.4) is 0 Å². The largest absolute Gasteiger partial charge is 0.268 e. The molecule has 37 heavy (non-hydrogen) atoms. The Bertz CT molecular complexity index is 1100. The van der Waals surface area contributed by atoms with Crippen LogP contribution in [-0.2, 0) is 11.8 Å². The smallest absolute Gasteiger partial charge is 0.266 e. The molecular weight excluding hydrogens is 456 g/mol. The van der Waals surface area contributed by atoms with E-state index >= 15 is 0 Å². The molecule has 0 spiro atoms. The second kappa shape index (κ2) is 15.1. The number of aromatic amines is 1. The van der Waals surface area contributed by atoms with E-state index in [-0.39, 0.29) is 11.0 Å². The van der Waals surface area contributed by atoms with Crippen molar-refractivity contribution < 1.29 is 0 Å². The van der Waals surface area contributed by atoms with E-state index in [4.69, 9.17) is 4.98 Å². The quantitative estimate of drug-likeness (QED) is 0.186. The van der Waals surface area contributed by atoms with E-state index in [9.17, 15) is 4.79 Å². The summed E-state index contributed by atoms with van der Waals surface area (Å²) >= 11 is 0. The van der Waals surface area contributed by atoms with Crippen molar-refractivity contribution in [3.63, 3.8) is 0 Å². The van der Waals surface area contributed by atoms with Crippen LogP contribution in [0.5, 0.6) is 0 Å². The van der Waals surface area contributed by atoms with Gasteiger partial charge in [0, 0.05) is 18.1 Å². The number of aryl methyl sites for hydroxylation is 1. The predicted octanol–water partition coefficient (Wildman–Crippen LogP) is 8.80. The van der Waals surface area contributed by atoms with Gasteiger partial charge in [-0.2, -0.15) is 0 Å². The summed E-state index contributed by atoms with van der Waals surface area (Å²) in [6, 6.07) is 10.1. The molecule has 0 bridgehead atoms. The van der Waals surface area contributed by atoms with Gasteiger partial charge in [0.2, 0.25) is 0 Å². The number of nitrogens with one attached hydrogen (secondary N) is 1. The van der Waals surface area contributed by atoms with Crippen LogP contribution in [-0.4, -0.2) is 19.6 Å². The Hall–Kier alpha value is -2.43. The molecule has 2 aromatic heterocycles. The molecule has 2 heterocycles. The Balaban J connectivity index is 1.40. The summed E-state index contributed by atoms with van der Waals surface area (Å²) in [5, 5.41) is 2.87. The van der Waals surface area contributed by atoms with E-state index < -0.39 is 0 Å². The minimum Gasteiger partial charge on any atom is -0.268 e. The van der Waals surface area contributed by atoms with Gasteiger partial charge in [0.05, 0.1) is 0 Å². The van der Waals surface area contributed by atoms with Gasteiger partial charge in [-0.25, -0.2) is 14.5 Å². The average Bonchev–Trinajstić information content (AvgIpc) is 3.26. The summed E-state index contributed by atoms with van der Waals surface area (Å²) in [4.78, 5) is 21.5. The first-order valence-electron chi connectivity index (χ1n) is 15.0. The lowest BCUT2D eigenvalue weighted by molar-refractivity contribution is 0.531. The van der Waals surface area contributed by atoms with Gasteiger partial charge < -0.3 is 0 Å². The molecular formula is C32H50N4O. The Morgan fingerprint density at radius 1 is 0.730 bits per heavy atom. The number of nitrogens with zero attached hydrogens (tertiary/aromatic N) is 3. The Morgan fingerprint density at radius 3 is 1.76 bits per heavy atom. The highest BCUT2D eigenvalue weighted by atomic mass is 16.1. The average molecular weight is 507 g/mol. The number of hydrogen-bond donors (Lipinski definition) is 1. The van der Waals surface area contributed by atoms with Crippen molar-refractivity contribution in [1.82, 2.24) is 19.6 Å². The predicted molar refractivity (Wildman–Crippen MR) is 156 cm³/mol. The van der Waals surface area contributed by atoms with Gasteiger partial charge in [-0.1, -0.05) is 142 Å². The summed E-state index contributed by atoms with van der Waals surface area (Å²) < 4.78 is 1.76. The number of fused-ring (bicyclic) bond motifs is 1. The van der Waals surface area contributed by atoms with Gasteiger partial charge in [0.15, 0.2) is 11.5 Å². The van der Waals surface area contributed by atoms with E-state index in [2.05, 4.69) is 62.0 Å². The highest BCUT2D eigenvalue weighted by Gasteiger charge is 2.15. The lowest BCUT2D eigenvalue weighted by Crippen LogP contribution is -2.11. The molecule has 1 aromatic carbocycles.